The van der Waals surface area contributed by atoms with Crippen molar-refractivity contribution < 1.29 is 19.4 Å². The predicted molar refractivity (Wildman–Crippen MR) is 93.9 cm³/mol. The molecule has 7 nitrogen and oxygen atoms in total. The normalized spacial score (nSPS) is 10.5. The van der Waals surface area contributed by atoms with Crippen molar-refractivity contribution in [1.29, 1.82) is 0 Å². The van der Waals surface area contributed by atoms with Crippen LogP contribution in [-0.4, -0.2) is 36.8 Å². The zero-order valence-corrected chi connectivity index (χ0v) is 13.9. The third-order valence-electron chi connectivity index (χ3n) is 3.33. The highest BCUT2D eigenvalue weighted by Gasteiger charge is 2.07. The maximum absolute atomic E-state index is 11.9. The van der Waals surface area contributed by atoms with E-state index in [0.29, 0.717) is 16.9 Å². The van der Waals surface area contributed by atoms with Crippen molar-refractivity contribution in [1.82, 2.24) is 10.7 Å². The van der Waals surface area contributed by atoms with E-state index in [1.165, 1.54) is 19.4 Å². The summed E-state index contributed by atoms with van der Waals surface area (Å²) in [5.41, 5.74) is 4.48. The van der Waals surface area contributed by atoms with Crippen molar-refractivity contribution in [2.45, 2.75) is 6.92 Å². The minimum atomic E-state index is -0.456. The molecule has 0 radical (unpaired) electrons. The van der Waals surface area contributed by atoms with Gasteiger partial charge in [0.2, 0.25) is 0 Å². The molecule has 2 rings (SSSR count). The van der Waals surface area contributed by atoms with Crippen molar-refractivity contribution in [3.63, 3.8) is 0 Å². The lowest BCUT2D eigenvalue weighted by molar-refractivity contribution is -0.120. The van der Waals surface area contributed by atoms with Crippen LogP contribution >= 0.6 is 0 Å². The monoisotopic (exact) mass is 341 g/mol. The third-order valence-corrected chi connectivity index (χ3v) is 3.33. The van der Waals surface area contributed by atoms with Gasteiger partial charge in [0.25, 0.3) is 11.8 Å². The standard InChI is InChI=1S/C18H19N3O4/c1-12-3-6-14(7-4-12)18(24)19-11-17(23)21-20-10-13-5-8-15(22)16(9-13)25-2/h3-10,22H,11H2,1-2H3,(H,19,24)(H,21,23)/b20-10+. The van der Waals surface area contributed by atoms with Gasteiger partial charge in [-0.3, -0.25) is 9.59 Å². The Balaban J connectivity index is 1.82. The fourth-order valence-electron chi connectivity index (χ4n) is 1.96. The number of phenols is 1. The number of rotatable bonds is 6. The van der Waals surface area contributed by atoms with Crippen LogP contribution in [0.2, 0.25) is 0 Å². The fraction of sp³-hybridized carbons (Fsp3) is 0.167. The molecule has 0 saturated heterocycles. The molecule has 0 heterocycles. The number of benzene rings is 2. The van der Waals surface area contributed by atoms with Gasteiger partial charge in [0.05, 0.1) is 19.9 Å². The summed E-state index contributed by atoms with van der Waals surface area (Å²) in [6.45, 7) is 1.74. The molecule has 0 unspecified atom stereocenters. The number of hydrazone groups is 1. The largest absolute Gasteiger partial charge is 0.504 e. The molecule has 0 fully saturated rings. The van der Waals surface area contributed by atoms with Crippen LogP contribution in [0.4, 0.5) is 0 Å². The van der Waals surface area contributed by atoms with E-state index in [2.05, 4.69) is 15.8 Å². The second-order valence-corrected chi connectivity index (χ2v) is 5.27. The van der Waals surface area contributed by atoms with Gasteiger partial charge in [-0.05, 0) is 42.8 Å². The van der Waals surface area contributed by atoms with Gasteiger partial charge >= 0.3 is 0 Å². The zero-order valence-electron chi connectivity index (χ0n) is 13.9. The Labute approximate surface area is 145 Å². The van der Waals surface area contributed by atoms with Gasteiger partial charge < -0.3 is 15.2 Å². The lowest BCUT2D eigenvalue weighted by Crippen LogP contribution is -2.34. The number of hydrogen-bond donors (Lipinski definition) is 3. The smallest absolute Gasteiger partial charge is 0.259 e. The molecule has 0 spiro atoms. The van der Waals surface area contributed by atoms with Crippen LogP contribution in [0.3, 0.4) is 0 Å². The Morgan fingerprint density at radius 2 is 1.92 bits per heavy atom. The first-order valence-electron chi connectivity index (χ1n) is 7.53. The number of methoxy groups -OCH3 is 1. The molecule has 0 aliphatic heterocycles. The Morgan fingerprint density at radius 3 is 2.60 bits per heavy atom. The van der Waals surface area contributed by atoms with E-state index >= 15 is 0 Å². The highest BCUT2D eigenvalue weighted by molar-refractivity contribution is 5.96. The lowest BCUT2D eigenvalue weighted by atomic mass is 10.1. The van der Waals surface area contributed by atoms with Gasteiger partial charge in [-0.1, -0.05) is 17.7 Å². The number of aryl methyl sites for hydroxylation is 1. The van der Waals surface area contributed by atoms with Crippen LogP contribution in [-0.2, 0) is 4.79 Å². The van der Waals surface area contributed by atoms with E-state index in [-0.39, 0.29) is 18.2 Å². The number of ether oxygens (including phenoxy) is 1. The molecule has 3 N–H and O–H groups in total. The van der Waals surface area contributed by atoms with Gasteiger partial charge in [-0.15, -0.1) is 0 Å². The van der Waals surface area contributed by atoms with Gasteiger partial charge in [-0.2, -0.15) is 5.10 Å². The summed E-state index contributed by atoms with van der Waals surface area (Å²) in [5, 5.41) is 15.8. The second kappa shape index (κ2) is 8.49. The van der Waals surface area contributed by atoms with Crippen LogP contribution in [0.1, 0.15) is 21.5 Å². The number of amides is 2. The van der Waals surface area contributed by atoms with Crippen LogP contribution in [0.25, 0.3) is 0 Å². The molecule has 0 atom stereocenters. The average Bonchev–Trinajstić information content (AvgIpc) is 2.61. The van der Waals surface area contributed by atoms with E-state index in [9.17, 15) is 14.7 Å². The molecule has 25 heavy (non-hydrogen) atoms. The van der Waals surface area contributed by atoms with E-state index in [4.69, 9.17) is 4.74 Å². The molecule has 0 aliphatic rings. The minimum Gasteiger partial charge on any atom is -0.504 e. The number of carbonyl (C=O) groups is 2. The van der Waals surface area contributed by atoms with Crippen molar-refractivity contribution in [2.24, 2.45) is 5.10 Å². The second-order valence-electron chi connectivity index (χ2n) is 5.27. The van der Waals surface area contributed by atoms with E-state index in [0.717, 1.165) is 5.56 Å². The molecular weight excluding hydrogens is 322 g/mol. The summed E-state index contributed by atoms with van der Waals surface area (Å²) in [6.07, 6.45) is 1.40. The molecule has 0 bridgehead atoms. The number of carbonyl (C=O) groups excluding carboxylic acids is 2. The van der Waals surface area contributed by atoms with Gasteiger partial charge in [0.1, 0.15) is 0 Å². The van der Waals surface area contributed by atoms with Crippen LogP contribution in [0, 0.1) is 6.92 Å². The fourth-order valence-corrected chi connectivity index (χ4v) is 1.96. The Hall–Kier alpha value is -3.35. The lowest BCUT2D eigenvalue weighted by Gasteiger charge is -2.05. The number of aromatic hydroxyl groups is 1. The zero-order chi connectivity index (χ0) is 18.2. The molecule has 0 aromatic heterocycles. The van der Waals surface area contributed by atoms with Crippen molar-refractivity contribution in [2.75, 3.05) is 13.7 Å². The highest BCUT2D eigenvalue weighted by Crippen LogP contribution is 2.25. The topological polar surface area (TPSA) is 100 Å². The maximum atomic E-state index is 11.9. The highest BCUT2D eigenvalue weighted by atomic mass is 16.5. The average molecular weight is 341 g/mol. The number of phenolic OH excluding ortho intramolecular Hbond substituents is 1. The summed E-state index contributed by atoms with van der Waals surface area (Å²) < 4.78 is 4.98. The summed E-state index contributed by atoms with van der Waals surface area (Å²) in [5.74, 6) is -0.465. The van der Waals surface area contributed by atoms with Gasteiger partial charge in [0.15, 0.2) is 11.5 Å². The quantitative estimate of drug-likeness (QED) is 0.549. The molecule has 2 aromatic rings. The Morgan fingerprint density at radius 1 is 1.20 bits per heavy atom. The van der Waals surface area contributed by atoms with Crippen LogP contribution in [0.5, 0.6) is 11.5 Å². The maximum Gasteiger partial charge on any atom is 0.259 e. The van der Waals surface area contributed by atoms with Crippen LogP contribution < -0.4 is 15.5 Å². The molecule has 2 amide bonds. The van der Waals surface area contributed by atoms with Crippen LogP contribution in [0.15, 0.2) is 47.6 Å². The molecule has 2 aromatic carbocycles. The van der Waals surface area contributed by atoms with Crippen molar-refractivity contribution >= 4 is 18.0 Å². The van der Waals surface area contributed by atoms with E-state index in [1.54, 1.807) is 24.3 Å². The number of hydrogen-bond acceptors (Lipinski definition) is 5. The third kappa shape index (κ3) is 5.35. The van der Waals surface area contributed by atoms with Gasteiger partial charge in [-0.25, -0.2) is 5.43 Å². The molecule has 7 heteroatoms. The molecule has 130 valence electrons. The summed E-state index contributed by atoms with van der Waals surface area (Å²) in [7, 11) is 1.44. The van der Waals surface area contributed by atoms with E-state index in [1.807, 2.05) is 19.1 Å². The minimum absolute atomic E-state index is 0.0162. The van der Waals surface area contributed by atoms with Crippen molar-refractivity contribution in [3.8, 4) is 11.5 Å². The number of nitrogens with one attached hydrogen (secondary N) is 2. The predicted octanol–water partition coefficient (Wildman–Crippen LogP) is 1.59. The van der Waals surface area contributed by atoms with E-state index < -0.39 is 5.91 Å². The first-order chi connectivity index (χ1) is 12.0. The first kappa shape index (κ1) is 18.0. The first-order valence-corrected chi connectivity index (χ1v) is 7.53. The number of nitrogens with zero attached hydrogens (tertiary/aromatic N) is 1. The Bertz CT molecular complexity index is 785. The van der Waals surface area contributed by atoms with Crippen molar-refractivity contribution in [3.05, 3.63) is 59.2 Å². The summed E-state index contributed by atoms with van der Waals surface area (Å²) >= 11 is 0. The van der Waals surface area contributed by atoms with Gasteiger partial charge in [0, 0.05) is 5.56 Å². The molecule has 0 saturated carbocycles. The Kier molecular flexibility index (Phi) is 6.11. The molecular formula is C18H19N3O4. The SMILES string of the molecule is COc1cc(/C=N/NC(=O)CNC(=O)c2ccc(C)cc2)ccc1O. The summed E-state index contributed by atoms with van der Waals surface area (Å²) in [6, 6.07) is 11.7. The molecule has 0 aliphatic carbocycles. The summed E-state index contributed by atoms with van der Waals surface area (Å²) in [4.78, 5) is 23.6.